The molecule has 0 spiro atoms. The van der Waals surface area contributed by atoms with Crippen LogP contribution in [-0.2, 0) is 0 Å². The maximum Gasteiger partial charge on any atom is 0.126 e. The van der Waals surface area contributed by atoms with Crippen LogP contribution in [0.1, 0.15) is 22.8 Å². The van der Waals surface area contributed by atoms with Gasteiger partial charge >= 0.3 is 0 Å². The summed E-state index contributed by atoms with van der Waals surface area (Å²) in [6, 6.07) is 6.69. The van der Waals surface area contributed by atoms with Gasteiger partial charge in [0, 0.05) is 6.07 Å². The Labute approximate surface area is 103 Å². The van der Waals surface area contributed by atoms with Gasteiger partial charge in [0.2, 0.25) is 0 Å². The van der Waals surface area contributed by atoms with Crippen molar-refractivity contribution in [3.05, 3.63) is 70.5 Å². The van der Waals surface area contributed by atoms with Crippen LogP contribution in [-0.4, -0.2) is 5.11 Å². The number of rotatable bonds is 2. The number of aliphatic hydroxyl groups excluding tert-OH is 1. The third-order valence-electron chi connectivity index (χ3n) is 2.73. The molecular weight excluding hydrogens is 241 g/mol. The van der Waals surface area contributed by atoms with Gasteiger partial charge in [0.1, 0.15) is 23.6 Å². The van der Waals surface area contributed by atoms with Gasteiger partial charge in [-0.15, -0.1) is 0 Å². The predicted molar refractivity (Wildman–Crippen MR) is 61.6 cm³/mol. The molecule has 2 rings (SSSR count). The molecule has 0 aliphatic heterocycles. The van der Waals surface area contributed by atoms with Gasteiger partial charge in [-0.1, -0.05) is 6.07 Å². The quantitative estimate of drug-likeness (QED) is 0.867. The predicted octanol–water partition coefficient (Wildman–Crippen LogP) is 3.49. The van der Waals surface area contributed by atoms with Crippen LogP contribution in [0.4, 0.5) is 13.2 Å². The van der Waals surface area contributed by atoms with E-state index in [0.29, 0.717) is 11.1 Å². The molecule has 1 atom stereocenters. The highest BCUT2D eigenvalue weighted by Gasteiger charge is 2.15. The Morgan fingerprint density at radius 3 is 2.06 bits per heavy atom. The highest BCUT2D eigenvalue weighted by Crippen LogP contribution is 2.26. The van der Waals surface area contributed by atoms with E-state index in [1.807, 2.05) is 0 Å². The van der Waals surface area contributed by atoms with Crippen LogP contribution in [0.15, 0.2) is 36.4 Å². The fraction of sp³-hybridized carbons (Fsp3) is 0.143. The molecule has 0 saturated carbocycles. The molecule has 2 aromatic carbocycles. The van der Waals surface area contributed by atoms with Gasteiger partial charge in [-0.05, 0) is 47.9 Å². The van der Waals surface area contributed by atoms with Gasteiger partial charge < -0.3 is 5.11 Å². The summed E-state index contributed by atoms with van der Waals surface area (Å²) in [6.07, 6.45) is -1.18. The smallest absolute Gasteiger partial charge is 0.126 e. The van der Waals surface area contributed by atoms with E-state index >= 15 is 0 Å². The van der Waals surface area contributed by atoms with Crippen molar-refractivity contribution in [2.24, 2.45) is 0 Å². The van der Waals surface area contributed by atoms with Crippen LogP contribution in [0.2, 0.25) is 0 Å². The van der Waals surface area contributed by atoms with Crippen LogP contribution in [0.25, 0.3) is 0 Å². The average Bonchev–Trinajstić information content (AvgIpc) is 2.26. The van der Waals surface area contributed by atoms with E-state index in [4.69, 9.17) is 0 Å². The van der Waals surface area contributed by atoms with Crippen LogP contribution in [0, 0.1) is 24.4 Å². The molecule has 1 unspecified atom stereocenters. The van der Waals surface area contributed by atoms with Gasteiger partial charge in [-0.2, -0.15) is 0 Å². The van der Waals surface area contributed by atoms with Crippen molar-refractivity contribution in [1.82, 2.24) is 0 Å². The standard InChI is InChI=1S/C14H11F3O/c1-8-4-10(15)2-3-13(8)14(18)9-5-11(16)7-12(17)6-9/h2-7,14,18H,1H3. The van der Waals surface area contributed by atoms with Gasteiger partial charge in [-0.3, -0.25) is 0 Å². The molecule has 0 bridgehead atoms. The molecule has 18 heavy (non-hydrogen) atoms. The third kappa shape index (κ3) is 2.54. The zero-order valence-electron chi connectivity index (χ0n) is 9.62. The molecule has 0 amide bonds. The average molecular weight is 252 g/mol. The Morgan fingerprint density at radius 1 is 0.889 bits per heavy atom. The lowest BCUT2D eigenvalue weighted by atomic mass is 9.97. The lowest BCUT2D eigenvalue weighted by Crippen LogP contribution is -2.03. The highest BCUT2D eigenvalue weighted by molar-refractivity contribution is 5.35. The van der Waals surface area contributed by atoms with Crippen molar-refractivity contribution in [1.29, 1.82) is 0 Å². The molecule has 0 aromatic heterocycles. The Balaban J connectivity index is 2.44. The lowest BCUT2D eigenvalue weighted by Gasteiger charge is -2.14. The summed E-state index contributed by atoms with van der Waals surface area (Å²) < 4.78 is 39.1. The highest BCUT2D eigenvalue weighted by atomic mass is 19.1. The number of aryl methyl sites for hydroxylation is 1. The van der Waals surface area contributed by atoms with E-state index in [9.17, 15) is 18.3 Å². The second kappa shape index (κ2) is 4.82. The van der Waals surface area contributed by atoms with Crippen molar-refractivity contribution in [3.63, 3.8) is 0 Å². The summed E-state index contributed by atoms with van der Waals surface area (Å²) >= 11 is 0. The Morgan fingerprint density at radius 2 is 1.50 bits per heavy atom. The zero-order valence-corrected chi connectivity index (χ0v) is 9.62. The van der Waals surface area contributed by atoms with E-state index in [0.717, 1.165) is 18.2 Å². The maximum atomic E-state index is 13.1. The SMILES string of the molecule is Cc1cc(F)ccc1C(O)c1cc(F)cc(F)c1. The minimum Gasteiger partial charge on any atom is -0.384 e. The third-order valence-corrected chi connectivity index (χ3v) is 2.73. The molecule has 1 N–H and O–H groups in total. The molecular formula is C14H11F3O. The monoisotopic (exact) mass is 252 g/mol. The molecule has 4 heteroatoms. The van der Waals surface area contributed by atoms with E-state index in [-0.39, 0.29) is 5.56 Å². The van der Waals surface area contributed by atoms with E-state index in [2.05, 4.69) is 0 Å². The molecule has 2 aromatic rings. The largest absolute Gasteiger partial charge is 0.384 e. The van der Waals surface area contributed by atoms with Gasteiger partial charge in [-0.25, -0.2) is 13.2 Å². The number of hydrogen-bond donors (Lipinski definition) is 1. The number of aliphatic hydroxyl groups is 1. The van der Waals surface area contributed by atoms with Crippen molar-refractivity contribution in [2.45, 2.75) is 13.0 Å². The number of hydrogen-bond acceptors (Lipinski definition) is 1. The van der Waals surface area contributed by atoms with Crippen molar-refractivity contribution < 1.29 is 18.3 Å². The van der Waals surface area contributed by atoms with Gasteiger partial charge in [0.05, 0.1) is 0 Å². The summed E-state index contributed by atoms with van der Waals surface area (Å²) in [5, 5.41) is 10.1. The molecule has 0 aliphatic rings. The van der Waals surface area contributed by atoms with E-state index in [1.54, 1.807) is 6.92 Å². The molecule has 94 valence electrons. The Bertz CT molecular complexity index is 561. The molecule has 1 nitrogen and oxygen atoms in total. The summed E-state index contributed by atoms with van der Waals surface area (Å²) in [4.78, 5) is 0. The molecule has 0 heterocycles. The van der Waals surface area contributed by atoms with Crippen LogP contribution in [0.3, 0.4) is 0 Å². The first-order valence-electron chi connectivity index (χ1n) is 5.37. The normalized spacial score (nSPS) is 12.5. The van der Waals surface area contributed by atoms with Crippen LogP contribution < -0.4 is 0 Å². The molecule has 0 fully saturated rings. The van der Waals surface area contributed by atoms with Crippen molar-refractivity contribution >= 4 is 0 Å². The van der Waals surface area contributed by atoms with Crippen molar-refractivity contribution in [3.8, 4) is 0 Å². The maximum absolute atomic E-state index is 13.1. The Hall–Kier alpha value is -1.81. The summed E-state index contributed by atoms with van der Waals surface area (Å²) in [5.41, 5.74) is 1.04. The lowest BCUT2D eigenvalue weighted by molar-refractivity contribution is 0.218. The minimum atomic E-state index is -1.18. The fourth-order valence-corrected chi connectivity index (χ4v) is 1.86. The Kier molecular flexibility index (Phi) is 3.39. The number of halogens is 3. The minimum absolute atomic E-state index is 0.0993. The first kappa shape index (κ1) is 12.6. The van der Waals surface area contributed by atoms with Crippen LogP contribution in [0.5, 0.6) is 0 Å². The molecule has 0 radical (unpaired) electrons. The summed E-state index contributed by atoms with van der Waals surface area (Å²) in [5.74, 6) is -1.94. The van der Waals surface area contributed by atoms with Crippen LogP contribution >= 0.6 is 0 Å². The number of benzene rings is 2. The fourth-order valence-electron chi connectivity index (χ4n) is 1.86. The summed E-state index contributed by atoms with van der Waals surface area (Å²) in [7, 11) is 0. The van der Waals surface area contributed by atoms with Crippen molar-refractivity contribution in [2.75, 3.05) is 0 Å². The zero-order chi connectivity index (χ0) is 13.3. The van der Waals surface area contributed by atoms with Gasteiger partial charge in [0.15, 0.2) is 0 Å². The topological polar surface area (TPSA) is 20.2 Å². The van der Waals surface area contributed by atoms with E-state index < -0.39 is 23.6 Å². The van der Waals surface area contributed by atoms with Gasteiger partial charge in [0.25, 0.3) is 0 Å². The van der Waals surface area contributed by atoms with E-state index in [1.165, 1.54) is 18.2 Å². The first-order valence-corrected chi connectivity index (χ1v) is 5.37. The first-order chi connectivity index (χ1) is 8.47. The summed E-state index contributed by atoms with van der Waals surface area (Å²) in [6.45, 7) is 1.62. The second-order valence-electron chi connectivity index (χ2n) is 4.11. The second-order valence-corrected chi connectivity index (χ2v) is 4.11. The molecule has 0 aliphatic carbocycles. The molecule has 0 saturated heterocycles.